The molecule has 0 saturated heterocycles. The van der Waals surface area contributed by atoms with Gasteiger partial charge in [0.05, 0.1) is 10.4 Å². The van der Waals surface area contributed by atoms with Crippen molar-refractivity contribution in [2.75, 3.05) is 13.1 Å². The van der Waals surface area contributed by atoms with Crippen LogP contribution in [0, 0.1) is 17.3 Å². The van der Waals surface area contributed by atoms with E-state index in [0.717, 1.165) is 45.2 Å². The van der Waals surface area contributed by atoms with E-state index in [9.17, 15) is 4.79 Å². The van der Waals surface area contributed by atoms with E-state index < -0.39 is 5.41 Å². The highest BCUT2D eigenvalue weighted by Crippen LogP contribution is 2.43. The summed E-state index contributed by atoms with van der Waals surface area (Å²) in [7, 11) is 0. The Labute approximate surface area is 129 Å². The molecule has 1 aliphatic rings. The Bertz CT molecular complexity index is 336. The maximum atomic E-state index is 12.9. The minimum atomic E-state index is -0.525. The molecule has 0 unspecified atom stereocenters. The van der Waals surface area contributed by atoms with Crippen molar-refractivity contribution in [1.29, 1.82) is 0 Å². The van der Waals surface area contributed by atoms with E-state index in [-0.39, 0.29) is 5.91 Å². The van der Waals surface area contributed by atoms with Crippen LogP contribution in [-0.4, -0.2) is 28.9 Å². The van der Waals surface area contributed by atoms with Gasteiger partial charge in [-0.25, -0.2) is 0 Å². The number of carbonyl (C=O) groups is 1. The topological polar surface area (TPSA) is 46.3 Å². The molecule has 4 heteroatoms. The van der Waals surface area contributed by atoms with Crippen LogP contribution in [0.4, 0.5) is 0 Å². The first-order chi connectivity index (χ1) is 9.29. The zero-order chi connectivity index (χ0) is 15.3. The summed E-state index contributed by atoms with van der Waals surface area (Å²) in [6.07, 6.45) is 4.81. The van der Waals surface area contributed by atoms with E-state index in [1.54, 1.807) is 0 Å². The van der Waals surface area contributed by atoms with Crippen molar-refractivity contribution in [2.45, 2.75) is 59.8 Å². The monoisotopic (exact) mass is 298 g/mol. The van der Waals surface area contributed by atoms with Gasteiger partial charge >= 0.3 is 0 Å². The van der Waals surface area contributed by atoms with Crippen molar-refractivity contribution >= 4 is 23.1 Å². The summed E-state index contributed by atoms with van der Waals surface area (Å²) in [6.45, 7) is 10.4. The molecule has 0 bridgehead atoms. The Morgan fingerprint density at radius 3 is 1.85 bits per heavy atom. The maximum absolute atomic E-state index is 12.9. The molecule has 0 aromatic carbocycles. The lowest BCUT2D eigenvalue weighted by Crippen LogP contribution is -2.55. The predicted molar refractivity (Wildman–Crippen MR) is 88.6 cm³/mol. The average Bonchev–Trinajstić information content (AvgIpc) is 2.25. The van der Waals surface area contributed by atoms with Crippen LogP contribution in [0.5, 0.6) is 0 Å². The molecular formula is C16H30N2OS. The SMILES string of the molecule is CC(C)CCN(CCC(C)C)C(=O)C1(C(N)=S)CCC1. The molecule has 1 fully saturated rings. The van der Waals surface area contributed by atoms with E-state index in [4.69, 9.17) is 18.0 Å². The van der Waals surface area contributed by atoms with E-state index in [1.807, 2.05) is 4.90 Å². The van der Waals surface area contributed by atoms with Crippen molar-refractivity contribution in [3.8, 4) is 0 Å². The Kier molecular flexibility index (Phi) is 6.44. The van der Waals surface area contributed by atoms with Crippen LogP contribution in [0.15, 0.2) is 0 Å². The smallest absolute Gasteiger partial charge is 0.235 e. The lowest BCUT2D eigenvalue weighted by Gasteiger charge is -2.43. The zero-order valence-corrected chi connectivity index (χ0v) is 14.3. The Morgan fingerprint density at radius 2 is 1.60 bits per heavy atom. The lowest BCUT2D eigenvalue weighted by atomic mass is 9.67. The van der Waals surface area contributed by atoms with Gasteiger partial charge < -0.3 is 10.6 Å². The standard InChI is InChI=1S/C16H30N2OS/c1-12(2)6-10-18(11-7-13(3)4)15(19)16(14(17)20)8-5-9-16/h12-13H,5-11H2,1-4H3,(H2,17,20). The lowest BCUT2D eigenvalue weighted by molar-refractivity contribution is -0.142. The summed E-state index contributed by atoms with van der Waals surface area (Å²) in [5.74, 6) is 1.38. The molecule has 2 N–H and O–H groups in total. The van der Waals surface area contributed by atoms with Crippen LogP contribution in [0.1, 0.15) is 59.8 Å². The number of amides is 1. The molecule has 1 aliphatic carbocycles. The van der Waals surface area contributed by atoms with E-state index >= 15 is 0 Å². The maximum Gasteiger partial charge on any atom is 0.235 e. The molecular weight excluding hydrogens is 268 g/mol. The third-order valence-corrected chi connectivity index (χ3v) is 4.72. The number of rotatable bonds is 8. The largest absolute Gasteiger partial charge is 0.392 e. The summed E-state index contributed by atoms with van der Waals surface area (Å²) in [4.78, 5) is 15.3. The molecule has 1 amide bonds. The van der Waals surface area contributed by atoms with E-state index in [2.05, 4.69) is 27.7 Å². The number of carbonyl (C=O) groups excluding carboxylic acids is 1. The quantitative estimate of drug-likeness (QED) is 0.699. The third-order valence-electron chi connectivity index (χ3n) is 4.33. The summed E-state index contributed by atoms with van der Waals surface area (Å²) < 4.78 is 0. The number of thiocarbonyl (C=S) groups is 1. The first kappa shape index (κ1) is 17.4. The van der Waals surface area contributed by atoms with Crippen LogP contribution in [0.3, 0.4) is 0 Å². The molecule has 1 rings (SSSR count). The second-order valence-corrected chi connectivity index (χ2v) is 7.40. The molecule has 1 saturated carbocycles. The fourth-order valence-corrected chi connectivity index (χ4v) is 2.83. The highest BCUT2D eigenvalue weighted by Gasteiger charge is 2.48. The van der Waals surface area contributed by atoms with E-state index in [0.29, 0.717) is 16.8 Å². The van der Waals surface area contributed by atoms with Crippen molar-refractivity contribution in [1.82, 2.24) is 4.90 Å². The second kappa shape index (κ2) is 7.39. The average molecular weight is 298 g/mol. The normalized spacial score (nSPS) is 17.1. The van der Waals surface area contributed by atoms with Gasteiger partial charge in [-0.05, 0) is 37.5 Å². The highest BCUT2D eigenvalue weighted by molar-refractivity contribution is 7.80. The molecule has 0 heterocycles. The van der Waals surface area contributed by atoms with Crippen molar-refractivity contribution in [3.63, 3.8) is 0 Å². The summed E-state index contributed by atoms with van der Waals surface area (Å²) in [5.41, 5.74) is 5.34. The molecule has 0 atom stereocenters. The summed E-state index contributed by atoms with van der Waals surface area (Å²) in [6, 6.07) is 0. The van der Waals surface area contributed by atoms with Gasteiger partial charge in [-0.2, -0.15) is 0 Å². The van der Waals surface area contributed by atoms with Gasteiger partial charge in [0.15, 0.2) is 0 Å². The molecule has 0 aromatic heterocycles. The minimum absolute atomic E-state index is 0.178. The zero-order valence-electron chi connectivity index (χ0n) is 13.4. The second-order valence-electron chi connectivity index (χ2n) is 6.96. The predicted octanol–water partition coefficient (Wildman–Crippen LogP) is 3.36. The van der Waals surface area contributed by atoms with Crippen LogP contribution in [-0.2, 0) is 4.79 Å². The molecule has 116 valence electrons. The summed E-state index contributed by atoms with van der Waals surface area (Å²) >= 11 is 5.18. The first-order valence-electron chi connectivity index (χ1n) is 7.89. The number of nitrogens with two attached hydrogens (primary N) is 1. The van der Waals surface area contributed by atoms with Gasteiger partial charge in [0.2, 0.25) is 5.91 Å². The molecule has 20 heavy (non-hydrogen) atoms. The van der Waals surface area contributed by atoms with Gasteiger partial charge in [0, 0.05) is 13.1 Å². The van der Waals surface area contributed by atoms with Gasteiger partial charge in [0.1, 0.15) is 0 Å². The van der Waals surface area contributed by atoms with Gasteiger partial charge in [-0.3, -0.25) is 4.79 Å². The van der Waals surface area contributed by atoms with Crippen molar-refractivity contribution in [3.05, 3.63) is 0 Å². The molecule has 0 aliphatic heterocycles. The van der Waals surface area contributed by atoms with Crippen LogP contribution >= 0.6 is 12.2 Å². The van der Waals surface area contributed by atoms with E-state index in [1.165, 1.54) is 0 Å². The Hall–Kier alpha value is -0.640. The van der Waals surface area contributed by atoms with Gasteiger partial charge in [-0.1, -0.05) is 46.3 Å². The van der Waals surface area contributed by atoms with Crippen molar-refractivity contribution < 1.29 is 4.79 Å². The van der Waals surface area contributed by atoms with Gasteiger partial charge in [-0.15, -0.1) is 0 Å². The number of hydrogen-bond donors (Lipinski definition) is 1. The minimum Gasteiger partial charge on any atom is -0.392 e. The molecule has 0 aromatic rings. The van der Waals surface area contributed by atoms with Crippen LogP contribution < -0.4 is 5.73 Å². The molecule has 0 radical (unpaired) electrons. The first-order valence-corrected chi connectivity index (χ1v) is 8.29. The number of nitrogens with zero attached hydrogens (tertiary/aromatic N) is 1. The fourth-order valence-electron chi connectivity index (χ4n) is 2.54. The third kappa shape index (κ3) is 4.18. The van der Waals surface area contributed by atoms with Crippen LogP contribution in [0.25, 0.3) is 0 Å². The number of hydrogen-bond acceptors (Lipinski definition) is 2. The van der Waals surface area contributed by atoms with Crippen LogP contribution in [0.2, 0.25) is 0 Å². The Morgan fingerprint density at radius 1 is 1.15 bits per heavy atom. The van der Waals surface area contributed by atoms with Crippen molar-refractivity contribution in [2.24, 2.45) is 23.0 Å². The Balaban J connectivity index is 2.74. The molecule has 0 spiro atoms. The van der Waals surface area contributed by atoms with Gasteiger partial charge in [0.25, 0.3) is 0 Å². The highest BCUT2D eigenvalue weighted by atomic mass is 32.1. The fraction of sp³-hybridized carbons (Fsp3) is 0.875. The summed E-state index contributed by atoms with van der Waals surface area (Å²) in [5, 5.41) is 0. The molecule has 3 nitrogen and oxygen atoms in total.